The molecule has 9 heteroatoms. The molecule has 0 aliphatic carbocycles. The molecule has 2 heterocycles. The van der Waals surface area contributed by atoms with E-state index in [1.807, 2.05) is 12.1 Å². The Morgan fingerprint density at radius 1 is 1.32 bits per heavy atom. The number of benzene rings is 1. The van der Waals surface area contributed by atoms with Crippen molar-refractivity contribution in [3.8, 4) is 0 Å². The number of rotatable bonds is 3. The Morgan fingerprint density at radius 3 is 2.71 bits per heavy atom. The van der Waals surface area contributed by atoms with Crippen LogP contribution in [0, 0.1) is 0 Å². The van der Waals surface area contributed by atoms with Crippen LogP contribution in [-0.2, 0) is 23.8 Å². The minimum absolute atomic E-state index is 0.00754. The second kappa shape index (κ2) is 7.59. The van der Waals surface area contributed by atoms with Crippen molar-refractivity contribution in [3.63, 3.8) is 0 Å². The van der Waals surface area contributed by atoms with E-state index in [1.54, 1.807) is 26.8 Å². The Bertz CT molecular complexity index is 972. The van der Waals surface area contributed by atoms with Crippen LogP contribution in [0.3, 0.4) is 0 Å². The van der Waals surface area contributed by atoms with Crippen molar-refractivity contribution in [1.29, 1.82) is 0 Å². The molecule has 0 saturated carbocycles. The third kappa shape index (κ3) is 4.30. The topological polar surface area (TPSA) is 104 Å². The number of ether oxygens (including phenoxy) is 3. The minimum Gasteiger partial charge on any atom is -0.492 e. The van der Waals surface area contributed by atoms with Crippen molar-refractivity contribution in [1.82, 2.24) is 4.98 Å². The minimum atomic E-state index is -0.723. The van der Waals surface area contributed by atoms with E-state index in [9.17, 15) is 14.4 Å². The van der Waals surface area contributed by atoms with Crippen molar-refractivity contribution in [2.75, 3.05) is 12.4 Å². The summed E-state index contributed by atoms with van der Waals surface area (Å²) in [5.41, 5.74) is 0.577. The van der Waals surface area contributed by atoms with Crippen LogP contribution >= 0.6 is 11.3 Å². The number of carbonyl (C=O) groups is 3. The van der Waals surface area contributed by atoms with E-state index in [-0.39, 0.29) is 17.8 Å². The molecule has 1 aliphatic heterocycles. The van der Waals surface area contributed by atoms with Gasteiger partial charge in [0.15, 0.2) is 10.9 Å². The van der Waals surface area contributed by atoms with E-state index in [4.69, 9.17) is 9.47 Å². The largest absolute Gasteiger partial charge is 0.492 e. The van der Waals surface area contributed by atoms with E-state index in [2.05, 4.69) is 15.0 Å². The van der Waals surface area contributed by atoms with Crippen molar-refractivity contribution in [2.24, 2.45) is 0 Å². The predicted octanol–water partition coefficient (Wildman–Crippen LogP) is 3.73. The van der Waals surface area contributed by atoms with E-state index in [0.29, 0.717) is 16.2 Å². The molecule has 28 heavy (non-hydrogen) atoms. The maximum absolute atomic E-state index is 12.3. The zero-order chi connectivity index (χ0) is 20.5. The fraction of sp³-hybridized carbons (Fsp3) is 0.368. The van der Waals surface area contributed by atoms with Crippen LogP contribution in [0.5, 0.6) is 0 Å². The SMILES string of the molecule is COC(=O)C1=COC(c2cccc3sc(NC(=O)OC(C)(C)C)nc23)CC1=O. The molecule has 1 N–H and O–H groups in total. The molecule has 0 radical (unpaired) electrons. The summed E-state index contributed by atoms with van der Waals surface area (Å²) in [6.07, 6.45) is -0.0521. The number of esters is 1. The zero-order valence-electron chi connectivity index (χ0n) is 15.9. The van der Waals surface area contributed by atoms with Gasteiger partial charge < -0.3 is 14.2 Å². The molecule has 0 saturated heterocycles. The smallest absolute Gasteiger partial charge is 0.413 e. The fourth-order valence-corrected chi connectivity index (χ4v) is 3.56. The first kappa shape index (κ1) is 19.8. The van der Waals surface area contributed by atoms with Gasteiger partial charge in [0.2, 0.25) is 0 Å². The highest BCUT2D eigenvalue weighted by molar-refractivity contribution is 7.22. The third-order valence-corrected chi connectivity index (χ3v) is 4.77. The molecular weight excluding hydrogens is 384 g/mol. The Kier molecular flexibility index (Phi) is 5.37. The van der Waals surface area contributed by atoms with Gasteiger partial charge in [0.1, 0.15) is 23.5 Å². The highest BCUT2D eigenvalue weighted by atomic mass is 32.1. The molecule has 8 nitrogen and oxygen atoms in total. The number of ketones is 1. The maximum Gasteiger partial charge on any atom is 0.413 e. The van der Waals surface area contributed by atoms with Gasteiger partial charge in [0.05, 0.1) is 23.7 Å². The molecule has 0 fully saturated rings. The summed E-state index contributed by atoms with van der Waals surface area (Å²) < 4.78 is 16.2. The number of Topliss-reactive ketones (excluding diaryl/α,β-unsaturated/α-hetero) is 1. The van der Waals surface area contributed by atoms with E-state index in [1.165, 1.54) is 18.4 Å². The number of thiazole rings is 1. The van der Waals surface area contributed by atoms with Gasteiger partial charge >= 0.3 is 12.1 Å². The molecule has 0 spiro atoms. The summed E-state index contributed by atoms with van der Waals surface area (Å²) in [7, 11) is 1.21. The summed E-state index contributed by atoms with van der Waals surface area (Å²) in [5.74, 6) is -1.08. The number of fused-ring (bicyclic) bond motifs is 1. The molecule has 1 aromatic carbocycles. The number of carbonyl (C=O) groups excluding carboxylic acids is 3. The molecule has 1 atom stereocenters. The van der Waals surface area contributed by atoms with Crippen LogP contribution in [0.4, 0.5) is 9.93 Å². The average Bonchev–Trinajstić information content (AvgIpc) is 3.01. The Hall–Kier alpha value is -2.94. The number of nitrogens with zero attached hydrogens (tertiary/aromatic N) is 1. The van der Waals surface area contributed by atoms with E-state index in [0.717, 1.165) is 11.0 Å². The maximum atomic E-state index is 12.3. The number of anilines is 1. The molecule has 1 amide bonds. The lowest BCUT2D eigenvalue weighted by molar-refractivity contribution is -0.139. The van der Waals surface area contributed by atoms with E-state index >= 15 is 0 Å². The predicted molar refractivity (Wildman–Crippen MR) is 103 cm³/mol. The van der Waals surface area contributed by atoms with Crippen molar-refractivity contribution in [3.05, 3.63) is 35.6 Å². The van der Waals surface area contributed by atoms with Gasteiger partial charge in [-0.15, -0.1) is 0 Å². The number of amides is 1. The van der Waals surface area contributed by atoms with Crippen molar-refractivity contribution in [2.45, 2.75) is 38.9 Å². The van der Waals surface area contributed by atoms with Crippen LogP contribution in [-0.4, -0.2) is 35.5 Å². The van der Waals surface area contributed by atoms with Crippen molar-refractivity contribution >= 4 is 44.5 Å². The van der Waals surface area contributed by atoms with Gasteiger partial charge in [0, 0.05) is 5.56 Å². The number of methoxy groups -OCH3 is 1. The van der Waals surface area contributed by atoms with E-state index < -0.39 is 23.8 Å². The second-order valence-electron chi connectivity index (χ2n) is 7.12. The van der Waals surface area contributed by atoms with Crippen LogP contribution in [0.1, 0.15) is 38.9 Å². The quantitative estimate of drug-likeness (QED) is 0.614. The second-order valence-corrected chi connectivity index (χ2v) is 8.15. The molecule has 148 valence electrons. The Labute approximate surface area is 165 Å². The number of para-hydroxylation sites is 1. The summed E-state index contributed by atoms with van der Waals surface area (Å²) in [6, 6.07) is 5.48. The number of hydrogen-bond donors (Lipinski definition) is 1. The lowest BCUT2D eigenvalue weighted by Crippen LogP contribution is -2.27. The van der Waals surface area contributed by atoms with Gasteiger partial charge in [-0.25, -0.2) is 14.6 Å². The molecule has 2 aromatic rings. The van der Waals surface area contributed by atoms with Gasteiger partial charge in [-0.2, -0.15) is 0 Å². The highest BCUT2D eigenvalue weighted by Gasteiger charge is 2.30. The lowest BCUT2D eigenvalue weighted by atomic mass is 9.98. The molecule has 1 unspecified atom stereocenters. The first-order chi connectivity index (χ1) is 13.2. The van der Waals surface area contributed by atoms with Crippen LogP contribution in [0.25, 0.3) is 10.2 Å². The van der Waals surface area contributed by atoms with Gasteiger partial charge in [0.25, 0.3) is 0 Å². The molecule has 1 aliphatic rings. The van der Waals surface area contributed by atoms with Gasteiger partial charge in [-0.1, -0.05) is 23.5 Å². The summed E-state index contributed by atoms with van der Waals surface area (Å²) in [4.78, 5) is 40.3. The third-order valence-electron chi connectivity index (χ3n) is 3.83. The Balaban J connectivity index is 1.85. The monoisotopic (exact) mass is 404 g/mol. The highest BCUT2D eigenvalue weighted by Crippen LogP contribution is 2.36. The van der Waals surface area contributed by atoms with Crippen LogP contribution < -0.4 is 5.32 Å². The fourth-order valence-electron chi connectivity index (χ4n) is 2.67. The zero-order valence-corrected chi connectivity index (χ0v) is 16.7. The molecule has 3 rings (SSSR count). The summed E-state index contributed by atoms with van der Waals surface area (Å²) in [5, 5.41) is 3.00. The first-order valence-corrected chi connectivity index (χ1v) is 9.36. The lowest BCUT2D eigenvalue weighted by Gasteiger charge is -2.21. The Morgan fingerprint density at radius 2 is 2.07 bits per heavy atom. The first-order valence-electron chi connectivity index (χ1n) is 8.54. The van der Waals surface area contributed by atoms with Gasteiger partial charge in [-0.05, 0) is 26.8 Å². The number of aromatic nitrogens is 1. The molecular formula is C19H20N2O6S. The normalized spacial score (nSPS) is 16.9. The number of nitrogens with one attached hydrogen (secondary N) is 1. The van der Waals surface area contributed by atoms with Crippen molar-refractivity contribution < 1.29 is 28.6 Å². The van der Waals surface area contributed by atoms with Crippen LogP contribution in [0.2, 0.25) is 0 Å². The van der Waals surface area contributed by atoms with Gasteiger partial charge in [-0.3, -0.25) is 10.1 Å². The molecule has 0 bridgehead atoms. The molecule has 1 aromatic heterocycles. The summed E-state index contributed by atoms with van der Waals surface area (Å²) >= 11 is 1.29. The standard InChI is InChI=1S/C19H20N2O6S/c1-19(2,3)27-18(24)21-17-20-15-10(6-5-7-14(15)28-17)13-8-12(22)11(9-26-13)16(23)25-4/h5-7,9,13H,8H2,1-4H3,(H,20,21,24). The average molecular weight is 404 g/mol. The summed E-state index contributed by atoms with van der Waals surface area (Å²) in [6.45, 7) is 5.32. The number of hydrogen-bond acceptors (Lipinski definition) is 8. The van der Waals surface area contributed by atoms with Crippen LogP contribution in [0.15, 0.2) is 30.0 Å².